The lowest BCUT2D eigenvalue weighted by Crippen LogP contribution is -2.55. The summed E-state index contributed by atoms with van der Waals surface area (Å²) in [6.07, 6.45) is 1.70. The minimum atomic E-state index is -2.15. The Kier molecular flexibility index (Phi) is 4.89. The van der Waals surface area contributed by atoms with Crippen LogP contribution in [0.25, 0.3) is 0 Å². The van der Waals surface area contributed by atoms with Gasteiger partial charge in [-0.2, -0.15) is 0 Å². The lowest BCUT2D eigenvalue weighted by molar-refractivity contribution is 0.101. The van der Waals surface area contributed by atoms with Crippen LogP contribution in [0, 0.1) is 0 Å². The van der Waals surface area contributed by atoms with Gasteiger partial charge in [-0.3, -0.25) is 0 Å². The highest BCUT2D eigenvalue weighted by Crippen LogP contribution is 2.25. The second-order valence-electron chi connectivity index (χ2n) is 3.79. The van der Waals surface area contributed by atoms with Gasteiger partial charge in [0.1, 0.15) is 0 Å². The van der Waals surface area contributed by atoms with Crippen LogP contribution >= 0.6 is 0 Å². The van der Waals surface area contributed by atoms with Crippen molar-refractivity contribution in [3.63, 3.8) is 0 Å². The predicted molar refractivity (Wildman–Crippen MR) is 59.0 cm³/mol. The van der Waals surface area contributed by atoms with E-state index < -0.39 is 13.5 Å². The topological polar surface area (TPSA) is 29.5 Å². The molecular weight excluding hydrogens is 180 g/mol. The molecule has 1 N–H and O–H groups in total. The molecule has 0 radical (unpaired) electrons. The second-order valence-corrected chi connectivity index (χ2v) is 7.78. The zero-order valence-electron chi connectivity index (χ0n) is 9.26. The van der Waals surface area contributed by atoms with Crippen LogP contribution in [0.1, 0.15) is 33.6 Å². The first-order valence-corrected chi connectivity index (χ1v) is 7.42. The van der Waals surface area contributed by atoms with Crippen LogP contribution in [0.15, 0.2) is 12.3 Å². The summed E-state index contributed by atoms with van der Waals surface area (Å²) in [4.78, 5) is 0. The fourth-order valence-electron chi connectivity index (χ4n) is 1.10. The molecule has 0 aromatic rings. The van der Waals surface area contributed by atoms with Gasteiger partial charge in [-0.05, 0) is 26.3 Å². The smallest absolute Gasteiger partial charge is 0.244 e. The fourth-order valence-corrected chi connectivity index (χ4v) is 3.30. The Labute approximate surface area is 82.7 Å². The van der Waals surface area contributed by atoms with Crippen LogP contribution < -0.4 is 0 Å². The molecule has 0 amide bonds. The number of aliphatic hydroxyl groups is 1. The third-order valence-electron chi connectivity index (χ3n) is 2.75. The molecule has 78 valence electrons. The highest BCUT2D eigenvalue weighted by atomic mass is 28.4. The van der Waals surface area contributed by atoms with E-state index in [9.17, 15) is 5.11 Å². The van der Waals surface area contributed by atoms with Crippen molar-refractivity contribution >= 4 is 8.32 Å². The van der Waals surface area contributed by atoms with Crippen molar-refractivity contribution in [1.29, 1.82) is 0 Å². The van der Waals surface area contributed by atoms with Crippen molar-refractivity contribution < 1.29 is 9.53 Å². The number of hydrogen-bond acceptors (Lipinski definition) is 2. The highest BCUT2D eigenvalue weighted by Gasteiger charge is 2.43. The molecule has 0 aliphatic carbocycles. The zero-order chi connectivity index (χ0) is 10.5. The third-order valence-corrected chi connectivity index (χ3v) is 6.83. The Bertz CT molecular complexity index is 168. The zero-order valence-corrected chi connectivity index (χ0v) is 10.3. The Morgan fingerprint density at radius 2 is 2.08 bits per heavy atom. The average molecular weight is 202 g/mol. The number of hydrogen-bond donors (Lipinski definition) is 1. The van der Waals surface area contributed by atoms with Gasteiger partial charge in [-0.15, -0.1) is 6.58 Å². The van der Waals surface area contributed by atoms with E-state index in [2.05, 4.69) is 13.5 Å². The molecule has 0 heterocycles. The van der Waals surface area contributed by atoms with E-state index in [0.717, 1.165) is 6.42 Å². The van der Waals surface area contributed by atoms with E-state index in [1.807, 2.05) is 26.1 Å². The second kappa shape index (κ2) is 4.93. The maximum Gasteiger partial charge on any atom is 0.244 e. The minimum Gasteiger partial charge on any atom is -0.410 e. The van der Waals surface area contributed by atoms with Crippen LogP contribution in [0.5, 0.6) is 0 Å². The van der Waals surface area contributed by atoms with Crippen molar-refractivity contribution in [3.8, 4) is 0 Å². The lowest BCUT2D eigenvalue weighted by Gasteiger charge is -2.37. The Hall–Kier alpha value is -0.123. The van der Waals surface area contributed by atoms with Crippen LogP contribution in [0.3, 0.4) is 0 Å². The molecule has 3 heteroatoms. The summed E-state index contributed by atoms with van der Waals surface area (Å²) in [6, 6.07) is 0. The summed E-state index contributed by atoms with van der Waals surface area (Å²) in [5.74, 6) is 0. The van der Waals surface area contributed by atoms with Crippen LogP contribution in [0.4, 0.5) is 0 Å². The molecule has 0 aliphatic rings. The average Bonchev–Trinajstić information content (AvgIpc) is 2.13. The number of rotatable bonds is 6. The molecule has 0 aromatic carbocycles. The molecule has 2 unspecified atom stereocenters. The first-order chi connectivity index (χ1) is 5.93. The molecule has 0 saturated heterocycles. The van der Waals surface area contributed by atoms with E-state index in [0.29, 0.717) is 13.0 Å². The van der Waals surface area contributed by atoms with Crippen molar-refractivity contribution in [2.75, 3.05) is 6.61 Å². The molecule has 0 fully saturated rings. The first kappa shape index (κ1) is 12.9. The molecule has 0 rings (SSSR count). The van der Waals surface area contributed by atoms with Crippen LogP contribution in [-0.4, -0.2) is 25.3 Å². The van der Waals surface area contributed by atoms with Gasteiger partial charge in [-0.25, -0.2) is 0 Å². The normalized spacial score (nSPS) is 20.4. The Morgan fingerprint density at radius 3 is 2.38 bits per heavy atom. The largest absolute Gasteiger partial charge is 0.410 e. The molecule has 0 saturated carbocycles. The van der Waals surface area contributed by atoms with Crippen LogP contribution in [-0.2, 0) is 4.43 Å². The SMILES string of the molecule is C=C[Si](C)(OCCC)C(C)(O)CC. The maximum absolute atomic E-state index is 10.1. The molecule has 2 nitrogen and oxygen atoms in total. The molecule has 0 bridgehead atoms. The molecule has 2 atom stereocenters. The van der Waals surface area contributed by atoms with Gasteiger partial charge in [-0.1, -0.05) is 19.5 Å². The predicted octanol–water partition coefficient (Wildman–Crippen LogP) is 2.41. The standard InChI is InChI=1S/C10H22O2Si/c1-6-9-12-13(5,8-3)10(4,11)7-2/h8,11H,3,6-7,9H2,1-2,4-5H3. The molecular formula is C10H22O2Si. The molecule has 0 spiro atoms. The van der Waals surface area contributed by atoms with Crippen molar-refractivity contribution in [2.24, 2.45) is 0 Å². The van der Waals surface area contributed by atoms with Crippen molar-refractivity contribution in [2.45, 2.75) is 45.4 Å². The monoisotopic (exact) mass is 202 g/mol. The lowest BCUT2D eigenvalue weighted by atomic mass is 10.3. The van der Waals surface area contributed by atoms with E-state index in [4.69, 9.17) is 4.43 Å². The van der Waals surface area contributed by atoms with Gasteiger partial charge in [0.2, 0.25) is 8.32 Å². The summed E-state index contributed by atoms with van der Waals surface area (Å²) in [6.45, 7) is 12.4. The van der Waals surface area contributed by atoms with Gasteiger partial charge < -0.3 is 9.53 Å². The van der Waals surface area contributed by atoms with E-state index >= 15 is 0 Å². The molecule has 0 aromatic heterocycles. The Balaban J connectivity index is 4.51. The molecule has 13 heavy (non-hydrogen) atoms. The summed E-state index contributed by atoms with van der Waals surface area (Å²) in [7, 11) is -2.15. The summed E-state index contributed by atoms with van der Waals surface area (Å²) in [5, 5.41) is 9.43. The van der Waals surface area contributed by atoms with Gasteiger partial charge in [0.05, 0.1) is 5.22 Å². The molecule has 0 aliphatic heterocycles. The third kappa shape index (κ3) is 2.93. The van der Waals surface area contributed by atoms with E-state index in [-0.39, 0.29) is 0 Å². The Morgan fingerprint density at radius 1 is 1.54 bits per heavy atom. The summed E-state index contributed by atoms with van der Waals surface area (Å²) >= 11 is 0. The van der Waals surface area contributed by atoms with Crippen LogP contribution in [0.2, 0.25) is 6.55 Å². The highest BCUT2D eigenvalue weighted by molar-refractivity contribution is 6.80. The van der Waals surface area contributed by atoms with Gasteiger partial charge in [0.15, 0.2) is 0 Å². The van der Waals surface area contributed by atoms with Crippen molar-refractivity contribution in [3.05, 3.63) is 12.3 Å². The first-order valence-electron chi connectivity index (χ1n) is 4.93. The van der Waals surface area contributed by atoms with Gasteiger partial charge >= 0.3 is 0 Å². The summed E-state index contributed by atoms with van der Waals surface area (Å²) < 4.78 is 5.75. The quantitative estimate of drug-likeness (QED) is 0.670. The summed E-state index contributed by atoms with van der Waals surface area (Å²) in [5.41, 5.74) is 1.83. The minimum absolute atomic E-state index is 0.704. The maximum atomic E-state index is 10.1. The van der Waals surface area contributed by atoms with Crippen molar-refractivity contribution in [1.82, 2.24) is 0 Å². The van der Waals surface area contributed by atoms with Gasteiger partial charge in [0, 0.05) is 6.61 Å². The van der Waals surface area contributed by atoms with E-state index in [1.54, 1.807) is 0 Å². The fraction of sp³-hybridized carbons (Fsp3) is 0.800. The van der Waals surface area contributed by atoms with E-state index in [1.165, 1.54) is 0 Å². The van der Waals surface area contributed by atoms with Gasteiger partial charge in [0.25, 0.3) is 0 Å².